The van der Waals surface area contributed by atoms with E-state index in [-0.39, 0.29) is 53.4 Å². The lowest BCUT2D eigenvalue weighted by molar-refractivity contribution is -0.133. The first-order chi connectivity index (χ1) is 14.3. The van der Waals surface area contributed by atoms with Crippen LogP contribution in [-0.2, 0) is 4.79 Å². The maximum atomic E-state index is 12.2. The standard InChI is InChI=1S/C24H41N5O.HI/c1-7-24(8-2,28-19(5)20-12-10-9-11-13-20)17-26-23(25-6)27-21-14-15-29(16-21)22(30)18(3)4;/h9-13,18-19,21,28H,7-8,14-17H2,1-6H3,(H2,25,26,27);1H. The number of nitrogens with zero attached hydrogens (tertiary/aromatic N) is 2. The highest BCUT2D eigenvalue weighted by atomic mass is 127. The number of benzene rings is 1. The Morgan fingerprint density at radius 3 is 2.39 bits per heavy atom. The fourth-order valence-electron chi connectivity index (χ4n) is 4.12. The molecule has 1 aliphatic heterocycles. The zero-order valence-corrected chi connectivity index (χ0v) is 22.4. The van der Waals surface area contributed by atoms with E-state index < -0.39 is 0 Å². The average Bonchev–Trinajstić information content (AvgIpc) is 3.23. The van der Waals surface area contributed by atoms with Crippen molar-refractivity contribution in [3.63, 3.8) is 0 Å². The highest BCUT2D eigenvalue weighted by molar-refractivity contribution is 14.0. The highest BCUT2D eigenvalue weighted by Crippen LogP contribution is 2.21. The number of guanidine groups is 1. The molecule has 1 aromatic rings. The Morgan fingerprint density at radius 2 is 1.84 bits per heavy atom. The van der Waals surface area contributed by atoms with Gasteiger partial charge < -0.3 is 20.9 Å². The minimum Gasteiger partial charge on any atom is -0.355 e. The normalized spacial score (nSPS) is 18.0. The summed E-state index contributed by atoms with van der Waals surface area (Å²) < 4.78 is 0. The minimum atomic E-state index is -0.0256. The Balaban J connectivity index is 0.00000480. The first-order valence-corrected chi connectivity index (χ1v) is 11.4. The molecule has 0 saturated carbocycles. The van der Waals surface area contributed by atoms with Crippen LogP contribution in [0.15, 0.2) is 35.3 Å². The van der Waals surface area contributed by atoms with Crippen LogP contribution in [0.5, 0.6) is 0 Å². The Kier molecular flexibility index (Phi) is 11.8. The molecule has 2 unspecified atom stereocenters. The van der Waals surface area contributed by atoms with Gasteiger partial charge in [0.15, 0.2) is 5.96 Å². The van der Waals surface area contributed by atoms with Crippen molar-refractivity contribution in [2.45, 2.75) is 71.5 Å². The van der Waals surface area contributed by atoms with Crippen LogP contribution in [0.2, 0.25) is 0 Å². The van der Waals surface area contributed by atoms with Crippen LogP contribution >= 0.6 is 24.0 Å². The molecule has 6 nitrogen and oxygen atoms in total. The van der Waals surface area contributed by atoms with Crippen LogP contribution in [0.1, 0.15) is 65.5 Å². The molecule has 0 bridgehead atoms. The molecule has 0 spiro atoms. The molecule has 7 heteroatoms. The van der Waals surface area contributed by atoms with E-state index in [9.17, 15) is 4.79 Å². The largest absolute Gasteiger partial charge is 0.355 e. The number of hydrogen-bond donors (Lipinski definition) is 3. The smallest absolute Gasteiger partial charge is 0.225 e. The van der Waals surface area contributed by atoms with E-state index in [4.69, 9.17) is 0 Å². The van der Waals surface area contributed by atoms with Crippen LogP contribution in [0.3, 0.4) is 0 Å². The number of likely N-dealkylation sites (tertiary alicyclic amines) is 1. The van der Waals surface area contributed by atoms with E-state index in [0.717, 1.165) is 44.9 Å². The zero-order chi connectivity index (χ0) is 22.1. The van der Waals surface area contributed by atoms with Gasteiger partial charge in [-0.25, -0.2) is 0 Å². The van der Waals surface area contributed by atoms with Crippen LogP contribution < -0.4 is 16.0 Å². The number of carbonyl (C=O) groups is 1. The molecule has 0 aliphatic carbocycles. The molecule has 1 fully saturated rings. The zero-order valence-electron chi connectivity index (χ0n) is 20.1. The monoisotopic (exact) mass is 543 g/mol. The van der Waals surface area contributed by atoms with Gasteiger partial charge >= 0.3 is 0 Å². The summed E-state index contributed by atoms with van der Waals surface area (Å²) >= 11 is 0. The molecule has 1 aromatic carbocycles. The van der Waals surface area contributed by atoms with Crippen molar-refractivity contribution in [2.24, 2.45) is 10.9 Å². The molecule has 31 heavy (non-hydrogen) atoms. The molecule has 2 rings (SSSR count). The number of rotatable bonds is 9. The first kappa shape index (κ1) is 27.7. The summed E-state index contributed by atoms with van der Waals surface area (Å²) in [5, 5.41) is 10.9. The number of halogens is 1. The van der Waals surface area contributed by atoms with Crippen LogP contribution in [0.4, 0.5) is 0 Å². The molecule has 2 atom stereocenters. The number of amides is 1. The summed E-state index contributed by atoms with van der Waals surface area (Å²) in [7, 11) is 1.81. The van der Waals surface area contributed by atoms with Crippen LogP contribution in [-0.4, -0.2) is 55.0 Å². The predicted octanol–water partition coefficient (Wildman–Crippen LogP) is 3.94. The first-order valence-electron chi connectivity index (χ1n) is 11.4. The number of aliphatic imine (C=N–C) groups is 1. The second-order valence-electron chi connectivity index (χ2n) is 8.76. The Hall–Kier alpha value is -1.35. The molecular weight excluding hydrogens is 501 g/mol. The number of hydrogen-bond acceptors (Lipinski definition) is 3. The van der Waals surface area contributed by atoms with E-state index in [2.05, 4.69) is 72.0 Å². The third-order valence-corrected chi connectivity index (χ3v) is 6.33. The molecule has 1 amide bonds. The van der Waals surface area contributed by atoms with Crippen molar-refractivity contribution in [1.29, 1.82) is 0 Å². The second kappa shape index (κ2) is 13.3. The summed E-state index contributed by atoms with van der Waals surface area (Å²) in [6.07, 6.45) is 2.99. The summed E-state index contributed by atoms with van der Waals surface area (Å²) in [5.41, 5.74) is 1.27. The topological polar surface area (TPSA) is 68.8 Å². The van der Waals surface area contributed by atoms with E-state index in [1.165, 1.54) is 5.56 Å². The van der Waals surface area contributed by atoms with Gasteiger partial charge in [-0.05, 0) is 31.7 Å². The summed E-state index contributed by atoms with van der Waals surface area (Å²) in [5.74, 6) is 1.09. The van der Waals surface area contributed by atoms with Crippen molar-refractivity contribution in [3.8, 4) is 0 Å². The molecule has 1 aliphatic rings. The van der Waals surface area contributed by atoms with Gasteiger partial charge in [-0.1, -0.05) is 58.0 Å². The van der Waals surface area contributed by atoms with Crippen molar-refractivity contribution in [2.75, 3.05) is 26.7 Å². The van der Waals surface area contributed by atoms with Gasteiger partial charge in [0.1, 0.15) is 0 Å². The molecule has 1 saturated heterocycles. The Morgan fingerprint density at radius 1 is 1.19 bits per heavy atom. The van der Waals surface area contributed by atoms with E-state index in [1.54, 1.807) is 7.05 Å². The van der Waals surface area contributed by atoms with Crippen molar-refractivity contribution in [1.82, 2.24) is 20.9 Å². The lowest BCUT2D eigenvalue weighted by atomic mass is 9.90. The number of carbonyl (C=O) groups excluding carboxylic acids is 1. The van der Waals surface area contributed by atoms with E-state index >= 15 is 0 Å². The Bertz CT molecular complexity index is 690. The van der Waals surface area contributed by atoms with Gasteiger partial charge in [-0.15, -0.1) is 24.0 Å². The maximum Gasteiger partial charge on any atom is 0.225 e. The van der Waals surface area contributed by atoms with Crippen LogP contribution in [0, 0.1) is 5.92 Å². The second-order valence-corrected chi connectivity index (χ2v) is 8.76. The molecule has 3 N–H and O–H groups in total. The quantitative estimate of drug-likeness (QED) is 0.251. The lowest BCUT2D eigenvalue weighted by Gasteiger charge is -2.37. The van der Waals surface area contributed by atoms with Gasteiger partial charge in [0.2, 0.25) is 5.91 Å². The summed E-state index contributed by atoms with van der Waals surface area (Å²) in [6, 6.07) is 11.1. The third kappa shape index (κ3) is 7.93. The van der Waals surface area contributed by atoms with Crippen molar-refractivity contribution < 1.29 is 4.79 Å². The highest BCUT2D eigenvalue weighted by Gasteiger charge is 2.30. The average molecular weight is 544 g/mol. The fraction of sp³-hybridized carbons (Fsp3) is 0.667. The molecule has 176 valence electrons. The summed E-state index contributed by atoms with van der Waals surface area (Å²) in [4.78, 5) is 18.6. The van der Waals surface area contributed by atoms with Crippen molar-refractivity contribution >= 4 is 35.8 Å². The minimum absolute atomic E-state index is 0. The van der Waals surface area contributed by atoms with Gasteiger partial charge in [0.05, 0.1) is 0 Å². The fourth-order valence-corrected chi connectivity index (χ4v) is 4.12. The van der Waals surface area contributed by atoms with Crippen molar-refractivity contribution in [3.05, 3.63) is 35.9 Å². The lowest BCUT2D eigenvalue weighted by Crippen LogP contribution is -2.56. The van der Waals surface area contributed by atoms with E-state index in [0.29, 0.717) is 0 Å². The Labute approximate surface area is 206 Å². The predicted molar refractivity (Wildman–Crippen MR) is 141 cm³/mol. The maximum absolute atomic E-state index is 12.2. The molecule has 1 heterocycles. The van der Waals surface area contributed by atoms with Gasteiger partial charge in [-0.3, -0.25) is 9.79 Å². The van der Waals surface area contributed by atoms with E-state index in [1.807, 2.05) is 18.7 Å². The molecule has 0 radical (unpaired) electrons. The number of nitrogens with one attached hydrogen (secondary N) is 3. The molecular formula is C24H42IN5O. The third-order valence-electron chi connectivity index (χ3n) is 6.33. The van der Waals surface area contributed by atoms with Gasteiger partial charge in [0.25, 0.3) is 0 Å². The summed E-state index contributed by atoms with van der Waals surface area (Å²) in [6.45, 7) is 13.0. The van der Waals surface area contributed by atoms with Gasteiger partial charge in [0, 0.05) is 50.2 Å². The molecule has 0 aromatic heterocycles. The SMILES string of the molecule is CCC(CC)(CNC(=NC)NC1CCN(C(=O)C(C)C)C1)NC(C)c1ccccc1.I. The van der Waals surface area contributed by atoms with Gasteiger partial charge in [-0.2, -0.15) is 0 Å². The van der Waals surface area contributed by atoms with Crippen LogP contribution in [0.25, 0.3) is 0 Å².